The molecule has 2 aromatic rings. The molecule has 3 rings (SSSR count). The van der Waals surface area contributed by atoms with Crippen molar-refractivity contribution in [1.82, 2.24) is 4.90 Å². The van der Waals surface area contributed by atoms with Gasteiger partial charge in [0, 0.05) is 23.7 Å². The van der Waals surface area contributed by atoms with E-state index in [1.165, 1.54) is 29.0 Å². The smallest absolute Gasteiger partial charge is 0.235 e. The highest BCUT2D eigenvalue weighted by Gasteiger charge is 2.29. The number of carbonyl (C=O) groups is 1. The molecule has 0 fully saturated rings. The molecule has 1 aliphatic rings. The minimum Gasteiger partial charge on any atom is -0.368 e. The van der Waals surface area contributed by atoms with Crippen LogP contribution in [0, 0.1) is 5.82 Å². The normalized spacial score (nSPS) is 17.7. The molecule has 1 aliphatic heterocycles. The summed E-state index contributed by atoms with van der Waals surface area (Å²) in [5.74, 6) is 0.218. The molecular formula is C18H19FN2OS. The fraction of sp³-hybridized carbons (Fsp3) is 0.278. The van der Waals surface area contributed by atoms with Crippen molar-refractivity contribution in [2.75, 3.05) is 12.3 Å². The molecular weight excluding hydrogens is 311 g/mol. The van der Waals surface area contributed by atoms with Gasteiger partial charge in [0.2, 0.25) is 5.91 Å². The predicted octanol–water partition coefficient (Wildman–Crippen LogP) is 2.83. The summed E-state index contributed by atoms with van der Waals surface area (Å²) >= 11 is 1.47. The van der Waals surface area contributed by atoms with E-state index in [2.05, 4.69) is 17.0 Å². The fourth-order valence-corrected chi connectivity index (χ4v) is 3.85. The van der Waals surface area contributed by atoms with E-state index in [0.29, 0.717) is 30.2 Å². The summed E-state index contributed by atoms with van der Waals surface area (Å²) in [5, 5.41) is 0. The monoisotopic (exact) mass is 330 g/mol. The Morgan fingerprint density at radius 2 is 1.87 bits per heavy atom. The Labute approximate surface area is 139 Å². The highest BCUT2D eigenvalue weighted by molar-refractivity contribution is 7.99. The van der Waals surface area contributed by atoms with Crippen molar-refractivity contribution in [3.8, 4) is 0 Å². The lowest BCUT2D eigenvalue weighted by Crippen LogP contribution is -2.49. The number of thioether (sulfide) groups is 1. The van der Waals surface area contributed by atoms with Crippen molar-refractivity contribution in [3.05, 3.63) is 65.5 Å². The molecule has 1 amide bonds. The van der Waals surface area contributed by atoms with Crippen LogP contribution in [0.25, 0.3) is 0 Å². The van der Waals surface area contributed by atoms with Gasteiger partial charge in [0.25, 0.3) is 0 Å². The zero-order valence-corrected chi connectivity index (χ0v) is 13.6. The number of fused-ring (bicyclic) bond motifs is 1. The fourth-order valence-electron chi connectivity index (χ4n) is 2.93. The van der Waals surface area contributed by atoms with E-state index in [4.69, 9.17) is 5.73 Å². The van der Waals surface area contributed by atoms with Crippen LogP contribution in [0.1, 0.15) is 11.1 Å². The molecule has 0 unspecified atom stereocenters. The number of primary amides is 1. The van der Waals surface area contributed by atoms with Gasteiger partial charge in [-0.1, -0.05) is 36.4 Å². The SMILES string of the molecule is NC(=O)[C@H]1Cc2ccccc2CN1CCSc1ccccc1F. The summed E-state index contributed by atoms with van der Waals surface area (Å²) < 4.78 is 13.6. The van der Waals surface area contributed by atoms with Gasteiger partial charge in [0.05, 0.1) is 6.04 Å². The summed E-state index contributed by atoms with van der Waals surface area (Å²) in [6, 6.07) is 14.6. The molecule has 1 atom stereocenters. The van der Waals surface area contributed by atoms with Gasteiger partial charge in [0.1, 0.15) is 5.82 Å². The number of amides is 1. The van der Waals surface area contributed by atoms with Gasteiger partial charge in [-0.05, 0) is 29.7 Å². The van der Waals surface area contributed by atoms with E-state index >= 15 is 0 Å². The second-order valence-corrected chi connectivity index (χ2v) is 6.78. The Balaban J connectivity index is 1.66. The van der Waals surface area contributed by atoms with Crippen LogP contribution >= 0.6 is 11.8 Å². The Bertz CT molecular complexity index is 707. The number of nitrogens with zero attached hydrogens (tertiary/aromatic N) is 1. The van der Waals surface area contributed by atoms with Gasteiger partial charge < -0.3 is 5.73 Å². The Morgan fingerprint density at radius 1 is 1.17 bits per heavy atom. The zero-order valence-electron chi connectivity index (χ0n) is 12.7. The highest BCUT2D eigenvalue weighted by atomic mass is 32.2. The summed E-state index contributed by atoms with van der Waals surface area (Å²) in [7, 11) is 0. The number of halogens is 1. The van der Waals surface area contributed by atoms with Gasteiger partial charge >= 0.3 is 0 Å². The second-order valence-electron chi connectivity index (χ2n) is 5.64. The largest absolute Gasteiger partial charge is 0.368 e. The van der Waals surface area contributed by atoms with Crippen molar-refractivity contribution in [1.29, 1.82) is 0 Å². The van der Waals surface area contributed by atoms with E-state index in [1.54, 1.807) is 12.1 Å². The first-order chi connectivity index (χ1) is 11.1. The number of carbonyl (C=O) groups excluding carboxylic acids is 1. The molecule has 0 bridgehead atoms. The number of benzene rings is 2. The number of nitrogens with two attached hydrogens (primary N) is 1. The molecule has 0 spiro atoms. The summed E-state index contributed by atoms with van der Waals surface area (Å²) in [4.78, 5) is 14.5. The van der Waals surface area contributed by atoms with Crippen LogP contribution in [0.3, 0.4) is 0 Å². The second kappa shape index (κ2) is 7.15. The molecule has 0 saturated heterocycles. The summed E-state index contributed by atoms with van der Waals surface area (Å²) in [6.45, 7) is 1.41. The Morgan fingerprint density at radius 3 is 2.61 bits per heavy atom. The minimum atomic E-state index is -0.296. The van der Waals surface area contributed by atoms with Crippen LogP contribution in [-0.4, -0.2) is 29.1 Å². The van der Waals surface area contributed by atoms with Crippen LogP contribution in [0.2, 0.25) is 0 Å². The minimum absolute atomic E-state index is 0.201. The van der Waals surface area contributed by atoms with Crippen molar-refractivity contribution in [2.24, 2.45) is 5.73 Å². The first-order valence-electron chi connectivity index (χ1n) is 7.62. The van der Waals surface area contributed by atoms with Crippen LogP contribution < -0.4 is 5.73 Å². The molecule has 0 aromatic heterocycles. The number of hydrogen-bond donors (Lipinski definition) is 1. The lowest BCUT2D eigenvalue weighted by Gasteiger charge is -2.34. The lowest BCUT2D eigenvalue weighted by atomic mass is 9.94. The van der Waals surface area contributed by atoms with Gasteiger partial charge in [-0.25, -0.2) is 4.39 Å². The van der Waals surface area contributed by atoms with Gasteiger partial charge in [0.15, 0.2) is 0 Å². The topological polar surface area (TPSA) is 46.3 Å². The molecule has 0 saturated carbocycles. The highest BCUT2D eigenvalue weighted by Crippen LogP contribution is 2.25. The summed E-state index contributed by atoms with van der Waals surface area (Å²) in [5.41, 5.74) is 8.00. The molecule has 120 valence electrons. The summed E-state index contributed by atoms with van der Waals surface area (Å²) in [6.07, 6.45) is 0.649. The lowest BCUT2D eigenvalue weighted by molar-refractivity contribution is -0.123. The molecule has 2 aromatic carbocycles. The van der Waals surface area contributed by atoms with E-state index in [0.717, 1.165) is 0 Å². The van der Waals surface area contributed by atoms with E-state index < -0.39 is 0 Å². The molecule has 3 nitrogen and oxygen atoms in total. The van der Waals surface area contributed by atoms with Crippen LogP contribution in [0.5, 0.6) is 0 Å². The van der Waals surface area contributed by atoms with Crippen molar-refractivity contribution < 1.29 is 9.18 Å². The van der Waals surface area contributed by atoms with E-state index in [-0.39, 0.29) is 17.8 Å². The van der Waals surface area contributed by atoms with Crippen LogP contribution in [0.15, 0.2) is 53.4 Å². The van der Waals surface area contributed by atoms with Crippen LogP contribution in [-0.2, 0) is 17.8 Å². The first kappa shape index (κ1) is 16.0. The average molecular weight is 330 g/mol. The third kappa shape index (κ3) is 3.74. The molecule has 23 heavy (non-hydrogen) atoms. The third-order valence-electron chi connectivity index (χ3n) is 4.15. The quantitative estimate of drug-likeness (QED) is 0.858. The Hall–Kier alpha value is -1.85. The maximum absolute atomic E-state index is 13.6. The standard InChI is InChI=1S/C18H19FN2OS/c19-15-7-3-4-8-17(15)23-10-9-21-12-14-6-2-1-5-13(14)11-16(21)18(20)22/h1-8,16H,9-12H2,(H2,20,22)/t16-/m1/s1. The average Bonchev–Trinajstić information content (AvgIpc) is 2.56. The number of hydrogen-bond acceptors (Lipinski definition) is 3. The maximum Gasteiger partial charge on any atom is 0.235 e. The maximum atomic E-state index is 13.6. The van der Waals surface area contributed by atoms with Crippen molar-refractivity contribution in [3.63, 3.8) is 0 Å². The van der Waals surface area contributed by atoms with Crippen molar-refractivity contribution in [2.45, 2.75) is 23.9 Å². The molecule has 0 aliphatic carbocycles. The van der Waals surface area contributed by atoms with Crippen molar-refractivity contribution >= 4 is 17.7 Å². The van der Waals surface area contributed by atoms with E-state index in [9.17, 15) is 9.18 Å². The van der Waals surface area contributed by atoms with E-state index in [1.807, 2.05) is 18.2 Å². The predicted molar refractivity (Wildman–Crippen MR) is 90.7 cm³/mol. The third-order valence-corrected chi connectivity index (χ3v) is 5.18. The van der Waals surface area contributed by atoms with Gasteiger partial charge in [-0.3, -0.25) is 9.69 Å². The molecule has 0 radical (unpaired) electrons. The number of rotatable bonds is 5. The molecule has 1 heterocycles. The molecule has 5 heteroatoms. The van der Waals surface area contributed by atoms with Gasteiger partial charge in [-0.15, -0.1) is 11.8 Å². The molecule has 2 N–H and O–H groups in total. The first-order valence-corrected chi connectivity index (χ1v) is 8.61. The Kier molecular flexibility index (Phi) is 4.98. The van der Waals surface area contributed by atoms with Crippen LogP contribution in [0.4, 0.5) is 4.39 Å². The van der Waals surface area contributed by atoms with Gasteiger partial charge in [-0.2, -0.15) is 0 Å². The zero-order chi connectivity index (χ0) is 16.2.